The van der Waals surface area contributed by atoms with Gasteiger partial charge in [0.05, 0.1) is 0 Å². The lowest BCUT2D eigenvalue weighted by molar-refractivity contribution is -0.152. The molecule has 0 radical (unpaired) electrons. The van der Waals surface area contributed by atoms with Gasteiger partial charge >= 0.3 is 5.97 Å². The molecular weight excluding hydrogens is 340 g/mol. The highest BCUT2D eigenvalue weighted by Crippen LogP contribution is 2.39. The van der Waals surface area contributed by atoms with E-state index in [1.54, 1.807) is 13.8 Å². The minimum absolute atomic E-state index is 0.575. The number of nitrogens with zero attached hydrogens (tertiary/aromatic N) is 2. The molecule has 1 N–H and O–H groups in total. The summed E-state index contributed by atoms with van der Waals surface area (Å²) in [5.74, 6) is -0.407. The third-order valence-corrected chi connectivity index (χ3v) is 5.29. The van der Waals surface area contributed by atoms with E-state index >= 15 is 0 Å². The first kappa shape index (κ1) is 17.6. The van der Waals surface area contributed by atoms with Gasteiger partial charge < -0.3 is 14.4 Å². The highest BCUT2D eigenvalue weighted by atomic mass is 16.5. The number of hydrogen-bond acceptors (Lipinski definition) is 3. The van der Waals surface area contributed by atoms with E-state index in [1.165, 1.54) is 36.0 Å². The van der Waals surface area contributed by atoms with E-state index in [0.717, 1.165) is 23.9 Å². The number of aryl methyl sites for hydroxylation is 1. The molecule has 0 fully saturated rings. The molecule has 27 heavy (non-hydrogen) atoms. The van der Waals surface area contributed by atoms with Gasteiger partial charge in [-0.15, -0.1) is 0 Å². The third kappa shape index (κ3) is 3.18. The van der Waals surface area contributed by atoms with Crippen molar-refractivity contribution in [2.24, 2.45) is 0 Å². The molecule has 140 valence electrons. The smallest absolute Gasteiger partial charge is 0.347 e. The molecule has 1 aromatic carbocycles. The van der Waals surface area contributed by atoms with Gasteiger partial charge in [0.1, 0.15) is 5.75 Å². The second-order valence-corrected chi connectivity index (χ2v) is 7.62. The molecule has 0 unspecified atom stereocenters. The number of ether oxygens (including phenoxy) is 1. The summed E-state index contributed by atoms with van der Waals surface area (Å²) in [4.78, 5) is 15.6. The molecule has 3 heterocycles. The van der Waals surface area contributed by atoms with Gasteiger partial charge in [-0.2, -0.15) is 0 Å². The number of carboxylic acids is 1. The molecular formula is C22H24N2O3. The van der Waals surface area contributed by atoms with Crippen LogP contribution in [0.5, 0.6) is 5.75 Å². The number of carboxylic acid groups (broad SMARTS) is 1. The van der Waals surface area contributed by atoms with Crippen molar-refractivity contribution >= 4 is 16.9 Å². The molecule has 0 saturated heterocycles. The number of rotatable bonds is 4. The Hall–Kier alpha value is -2.82. The van der Waals surface area contributed by atoms with Crippen LogP contribution in [0.25, 0.3) is 22.0 Å². The summed E-state index contributed by atoms with van der Waals surface area (Å²) in [7, 11) is 0. The number of pyridine rings is 1. The molecule has 5 heteroatoms. The van der Waals surface area contributed by atoms with E-state index in [-0.39, 0.29) is 0 Å². The summed E-state index contributed by atoms with van der Waals surface area (Å²) in [6, 6.07) is 9.99. The van der Waals surface area contributed by atoms with Crippen LogP contribution in [0, 0.1) is 0 Å². The van der Waals surface area contributed by atoms with Gasteiger partial charge in [0.15, 0.2) is 5.60 Å². The van der Waals surface area contributed by atoms with E-state index in [2.05, 4.69) is 15.6 Å². The topological polar surface area (TPSA) is 64.4 Å². The summed E-state index contributed by atoms with van der Waals surface area (Å²) in [6.07, 6.45) is 8.28. The zero-order valence-electron chi connectivity index (χ0n) is 15.7. The average Bonchev–Trinajstić information content (AvgIpc) is 2.78. The second-order valence-electron chi connectivity index (χ2n) is 7.62. The molecule has 0 bridgehead atoms. The SMILES string of the molecule is CC(C)(Oc1ccc2c(c1)c(-c1ccncc1)c1n2CCCCC1)C(=O)O. The lowest BCUT2D eigenvalue weighted by Crippen LogP contribution is -2.37. The van der Waals surface area contributed by atoms with Crippen molar-refractivity contribution in [3.63, 3.8) is 0 Å². The molecule has 2 aromatic heterocycles. The van der Waals surface area contributed by atoms with E-state index in [9.17, 15) is 9.90 Å². The van der Waals surface area contributed by atoms with Crippen molar-refractivity contribution in [1.29, 1.82) is 0 Å². The van der Waals surface area contributed by atoms with Crippen molar-refractivity contribution in [1.82, 2.24) is 9.55 Å². The fraction of sp³-hybridized carbons (Fsp3) is 0.364. The van der Waals surface area contributed by atoms with Gasteiger partial charge in [0.2, 0.25) is 0 Å². The Labute approximate surface area is 158 Å². The van der Waals surface area contributed by atoms with Crippen molar-refractivity contribution in [3.05, 3.63) is 48.4 Å². The molecule has 1 aliphatic heterocycles. The summed E-state index contributed by atoms with van der Waals surface area (Å²) in [6.45, 7) is 4.15. The molecule has 0 amide bonds. The Morgan fingerprint density at radius 1 is 1.15 bits per heavy atom. The van der Waals surface area contributed by atoms with E-state index in [1.807, 2.05) is 36.7 Å². The Balaban J connectivity index is 1.91. The number of hydrogen-bond donors (Lipinski definition) is 1. The van der Waals surface area contributed by atoms with Crippen molar-refractivity contribution in [3.8, 4) is 16.9 Å². The van der Waals surface area contributed by atoms with Gasteiger partial charge in [-0.25, -0.2) is 4.79 Å². The van der Waals surface area contributed by atoms with Gasteiger partial charge in [-0.05, 0) is 69.0 Å². The first-order chi connectivity index (χ1) is 13.0. The van der Waals surface area contributed by atoms with Crippen LogP contribution >= 0.6 is 0 Å². The standard InChI is InChI=1S/C22H24N2O3/c1-22(2,21(25)26)27-16-7-8-18-17(14-16)20(15-9-11-23-12-10-15)19-6-4-3-5-13-24(18)19/h7-12,14H,3-6,13H2,1-2H3,(H,25,26). The largest absolute Gasteiger partial charge is 0.478 e. The predicted octanol–water partition coefficient (Wildman–Crippen LogP) is 4.67. The van der Waals surface area contributed by atoms with Crippen molar-refractivity contribution in [2.75, 3.05) is 0 Å². The maximum absolute atomic E-state index is 11.4. The van der Waals surface area contributed by atoms with Gasteiger partial charge in [0, 0.05) is 41.1 Å². The van der Waals surface area contributed by atoms with Crippen LogP contribution in [-0.2, 0) is 17.8 Å². The first-order valence-electron chi connectivity index (χ1n) is 9.45. The van der Waals surface area contributed by atoms with Crippen molar-refractivity contribution in [2.45, 2.75) is 51.7 Å². The number of benzene rings is 1. The lowest BCUT2D eigenvalue weighted by atomic mass is 10.00. The lowest BCUT2D eigenvalue weighted by Gasteiger charge is -2.21. The summed E-state index contributed by atoms with van der Waals surface area (Å²) in [5, 5.41) is 10.5. The number of aliphatic carboxylic acids is 1. The minimum Gasteiger partial charge on any atom is -0.478 e. The van der Waals surface area contributed by atoms with Gasteiger partial charge in [-0.1, -0.05) is 6.42 Å². The first-order valence-corrected chi connectivity index (χ1v) is 9.45. The fourth-order valence-electron chi connectivity index (χ4n) is 3.88. The molecule has 5 nitrogen and oxygen atoms in total. The molecule has 0 spiro atoms. The van der Waals surface area contributed by atoms with E-state index in [4.69, 9.17) is 4.74 Å². The number of fused-ring (bicyclic) bond motifs is 3. The highest BCUT2D eigenvalue weighted by molar-refractivity contribution is 5.99. The Bertz CT molecular complexity index is 990. The minimum atomic E-state index is -1.28. The molecule has 0 saturated carbocycles. The van der Waals surface area contributed by atoms with Crippen molar-refractivity contribution < 1.29 is 14.6 Å². The zero-order valence-corrected chi connectivity index (χ0v) is 15.7. The number of aromatic nitrogens is 2. The van der Waals surface area contributed by atoms with Gasteiger partial charge in [0.25, 0.3) is 0 Å². The van der Waals surface area contributed by atoms with Crippen LogP contribution in [0.3, 0.4) is 0 Å². The average molecular weight is 364 g/mol. The maximum atomic E-state index is 11.4. The molecule has 4 rings (SSSR count). The highest BCUT2D eigenvalue weighted by Gasteiger charge is 2.30. The van der Waals surface area contributed by atoms with Crippen LogP contribution in [0.15, 0.2) is 42.7 Å². The second kappa shape index (κ2) is 6.72. The van der Waals surface area contributed by atoms with E-state index < -0.39 is 11.6 Å². The summed E-state index contributed by atoms with van der Waals surface area (Å²) < 4.78 is 8.22. The fourth-order valence-corrected chi connectivity index (χ4v) is 3.88. The quantitative estimate of drug-likeness (QED) is 0.730. The predicted molar refractivity (Wildman–Crippen MR) is 105 cm³/mol. The van der Waals surface area contributed by atoms with Crippen LogP contribution in [0.2, 0.25) is 0 Å². The molecule has 0 atom stereocenters. The zero-order chi connectivity index (χ0) is 19.0. The Kier molecular flexibility index (Phi) is 4.38. The summed E-state index contributed by atoms with van der Waals surface area (Å²) >= 11 is 0. The Morgan fingerprint density at radius 3 is 2.67 bits per heavy atom. The normalized spacial score (nSPS) is 14.6. The maximum Gasteiger partial charge on any atom is 0.347 e. The summed E-state index contributed by atoms with van der Waals surface area (Å²) in [5.41, 5.74) is 3.61. The molecule has 1 aliphatic rings. The Morgan fingerprint density at radius 2 is 1.93 bits per heavy atom. The molecule has 3 aromatic rings. The van der Waals surface area contributed by atoms with Crippen LogP contribution < -0.4 is 4.74 Å². The van der Waals surface area contributed by atoms with Gasteiger partial charge in [-0.3, -0.25) is 4.98 Å². The molecule has 0 aliphatic carbocycles. The monoisotopic (exact) mass is 364 g/mol. The van der Waals surface area contributed by atoms with Crippen LogP contribution in [-0.4, -0.2) is 26.2 Å². The number of carbonyl (C=O) groups is 1. The third-order valence-electron chi connectivity index (χ3n) is 5.29. The van der Waals surface area contributed by atoms with Crippen LogP contribution in [0.4, 0.5) is 0 Å². The van der Waals surface area contributed by atoms with Crippen LogP contribution in [0.1, 0.15) is 38.8 Å². The van der Waals surface area contributed by atoms with E-state index in [0.29, 0.717) is 5.75 Å².